The number of nitrogens with one attached hydrogen (secondary N) is 1. The van der Waals surface area contributed by atoms with Crippen LogP contribution in [0.5, 0.6) is 0 Å². The van der Waals surface area contributed by atoms with Crippen LogP contribution in [0, 0.1) is 0 Å². The van der Waals surface area contributed by atoms with Crippen molar-refractivity contribution >= 4 is 15.9 Å². The Balaban J connectivity index is 3.16. The third kappa shape index (κ3) is 4.32. The van der Waals surface area contributed by atoms with Crippen molar-refractivity contribution in [2.45, 2.75) is 32.6 Å². The number of hydrogen-bond acceptors (Lipinski definition) is 3. The summed E-state index contributed by atoms with van der Waals surface area (Å²) in [7, 11) is -2.47. The van der Waals surface area contributed by atoms with Crippen LogP contribution in [0.15, 0.2) is 18.2 Å². The molecule has 0 heterocycles. The van der Waals surface area contributed by atoms with Crippen LogP contribution in [-0.4, -0.2) is 25.8 Å². The lowest BCUT2D eigenvalue weighted by atomic mass is 10.1. The molecule has 0 unspecified atom stereocenters. The summed E-state index contributed by atoms with van der Waals surface area (Å²) < 4.78 is 65.3. The fourth-order valence-corrected chi connectivity index (χ4v) is 2.70. The molecule has 0 amide bonds. The first kappa shape index (κ1) is 17.7. The molecule has 0 aliphatic rings. The Morgan fingerprint density at radius 1 is 1.33 bits per heavy atom. The second kappa shape index (κ2) is 6.20. The van der Waals surface area contributed by atoms with Gasteiger partial charge in [0.1, 0.15) is 0 Å². The lowest BCUT2D eigenvalue weighted by Gasteiger charge is -2.23. The summed E-state index contributed by atoms with van der Waals surface area (Å²) >= 11 is 0. The average Bonchev–Trinajstić information content (AvgIpc) is 2.36. The highest BCUT2D eigenvalue weighted by Crippen LogP contribution is 2.32. The number of halogens is 3. The molecule has 0 aliphatic carbocycles. The summed E-state index contributed by atoms with van der Waals surface area (Å²) in [6.45, 7) is 3.14. The summed E-state index contributed by atoms with van der Waals surface area (Å²) in [4.78, 5) is 0. The molecule has 5 nitrogen and oxygen atoms in total. The molecule has 21 heavy (non-hydrogen) atoms. The predicted octanol–water partition coefficient (Wildman–Crippen LogP) is 2.16. The van der Waals surface area contributed by atoms with Crippen LogP contribution < -0.4 is 10.5 Å². The zero-order valence-electron chi connectivity index (χ0n) is 11.9. The Morgan fingerprint density at radius 2 is 1.90 bits per heavy atom. The monoisotopic (exact) mass is 325 g/mol. The summed E-state index contributed by atoms with van der Waals surface area (Å²) in [5, 5.41) is 0. The Labute approximate surface area is 122 Å². The summed E-state index contributed by atoms with van der Waals surface area (Å²) in [5.41, 5.74) is 4.64. The van der Waals surface area contributed by atoms with E-state index in [-0.39, 0.29) is 23.8 Å². The van der Waals surface area contributed by atoms with Crippen LogP contribution in [0.2, 0.25) is 0 Å². The van der Waals surface area contributed by atoms with Crippen molar-refractivity contribution in [3.05, 3.63) is 29.3 Å². The van der Waals surface area contributed by atoms with Crippen molar-refractivity contribution in [1.82, 2.24) is 4.31 Å². The highest BCUT2D eigenvalue weighted by atomic mass is 32.2. The van der Waals surface area contributed by atoms with Crippen molar-refractivity contribution in [1.29, 1.82) is 0 Å². The number of alkyl halides is 3. The molecule has 0 atom stereocenters. The van der Waals surface area contributed by atoms with Gasteiger partial charge in [-0.2, -0.15) is 25.9 Å². The van der Waals surface area contributed by atoms with E-state index in [9.17, 15) is 21.6 Å². The molecule has 120 valence electrons. The highest BCUT2D eigenvalue weighted by Gasteiger charge is 2.31. The molecule has 0 saturated heterocycles. The zero-order chi connectivity index (χ0) is 16.4. The SMILES string of the molecule is CC(C)N(C)S(=O)(=O)Nc1ccc(C(F)(F)F)cc1CN. The molecule has 1 aromatic rings. The van der Waals surface area contributed by atoms with Crippen molar-refractivity contribution in [2.24, 2.45) is 5.73 Å². The van der Waals surface area contributed by atoms with Crippen LogP contribution in [0.1, 0.15) is 25.0 Å². The van der Waals surface area contributed by atoms with Gasteiger partial charge in [0.15, 0.2) is 0 Å². The maximum absolute atomic E-state index is 12.6. The van der Waals surface area contributed by atoms with Gasteiger partial charge in [-0.05, 0) is 37.6 Å². The second-order valence-electron chi connectivity index (χ2n) is 4.79. The van der Waals surface area contributed by atoms with Gasteiger partial charge in [0.25, 0.3) is 0 Å². The molecule has 0 bridgehead atoms. The van der Waals surface area contributed by atoms with Gasteiger partial charge in [0, 0.05) is 19.6 Å². The van der Waals surface area contributed by atoms with E-state index in [1.54, 1.807) is 13.8 Å². The Kier molecular flexibility index (Phi) is 5.24. The van der Waals surface area contributed by atoms with E-state index in [1.807, 2.05) is 0 Å². The molecule has 0 saturated carbocycles. The predicted molar refractivity (Wildman–Crippen MR) is 74.8 cm³/mol. The number of hydrogen-bond donors (Lipinski definition) is 2. The van der Waals surface area contributed by atoms with Crippen molar-refractivity contribution in [3.8, 4) is 0 Å². The van der Waals surface area contributed by atoms with Crippen LogP contribution >= 0.6 is 0 Å². The van der Waals surface area contributed by atoms with E-state index in [0.717, 1.165) is 22.5 Å². The Bertz CT molecular complexity index is 600. The maximum atomic E-state index is 12.6. The fourth-order valence-electron chi connectivity index (χ4n) is 1.53. The molecule has 9 heteroatoms. The van der Waals surface area contributed by atoms with Crippen LogP contribution in [0.3, 0.4) is 0 Å². The fraction of sp³-hybridized carbons (Fsp3) is 0.500. The van der Waals surface area contributed by atoms with Crippen LogP contribution in [-0.2, 0) is 22.9 Å². The van der Waals surface area contributed by atoms with E-state index in [2.05, 4.69) is 4.72 Å². The normalized spacial score (nSPS) is 13.0. The number of benzene rings is 1. The quantitative estimate of drug-likeness (QED) is 0.871. The highest BCUT2D eigenvalue weighted by molar-refractivity contribution is 7.90. The third-order valence-electron chi connectivity index (χ3n) is 3.00. The first-order valence-electron chi connectivity index (χ1n) is 6.15. The molecular formula is C12H18F3N3O2S. The Morgan fingerprint density at radius 3 is 2.33 bits per heavy atom. The van der Waals surface area contributed by atoms with E-state index < -0.39 is 21.9 Å². The van der Waals surface area contributed by atoms with Gasteiger partial charge in [-0.25, -0.2) is 0 Å². The zero-order valence-corrected chi connectivity index (χ0v) is 12.7. The molecular weight excluding hydrogens is 307 g/mol. The number of nitrogens with zero attached hydrogens (tertiary/aromatic N) is 1. The Hall–Kier alpha value is -1.32. The molecule has 0 radical (unpaired) electrons. The smallest absolute Gasteiger partial charge is 0.326 e. The molecule has 1 rings (SSSR count). The number of rotatable bonds is 5. The van der Waals surface area contributed by atoms with E-state index in [1.165, 1.54) is 7.05 Å². The van der Waals surface area contributed by atoms with Gasteiger partial charge in [-0.3, -0.25) is 4.72 Å². The van der Waals surface area contributed by atoms with Crippen LogP contribution in [0.4, 0.5) is 18.9 Å². The first-order chi connectivity index (χ1) is 9.49. The lowest BCUT2D eigenvalue weighted by molar-refractivity contribution is -0.137. The minimum atomic E-state index is -4.50. The van der Waals surface area contributed by atoms with E-state index >= 15 is 0 Å². The van der Waals surface area contributed by atoms with Crippen molar-refractivity contribution < 1.29 is 21.6 Å². The molecule has 1 aromatic carbocycles. The minimum absolute atomic E-state index is 0.0398. The minimum Gasteiger partial charge on any atom is -0.326 e. The lowest BCUT2D eigenvalue weighted by Crippen LogP contribution is -2.37. The van der Waals surface area contributed by atoms with Gasteiger partial charge >= 0.3 is 16.4 Å². The summed E-state index contributed by atoms with van der Waals surface area (Å²) in [6.07, 6.45) is -4.50. The van der Waals surface area contributed by atoms with Crippen LogP contribution in [0.25, 0.3) is 0 Å². The van der Waals surface area contributed by atoms with E-state index in [4.69, 9.17) is 5.73 Å². The van der Waals surface area contributed by atoms with Gasteiger partial charge in [0.2, 0.25) is 0 Å². The number of anilines is 1. The average molecular weight is 325 g/mol. The third-order valence-corrected chi connectivity index (χ3v) is 4.66. The van der Waals surface area contributed by atoms with Gasteiger partial charge in [-0.1, -0.05) is 0 Å². The molecule has 0 spiro atoms. The van der Waals surface area contributed by atoms with Gasteiger partial charge in [0.05, 0.1) is 11.3 Å². The van der Waals surface area contributed by atoms with Crippen molar-refractivity contribution in [3.63, 3.8) is 0 Å². The molecule has 0 aromatic heterocycles. The molecule has 3 N–H and O–H groups in total. The first-order valence-corrected chi connectivity index (χ1v) is 7.59. The van der Waals surface area contributed by atoms with E-state index in [0.29, 0.717) is 0 Å². The van der Waals surface area contributed by atoms with Crippen molar-refractivity contribution in [2.75, 3.05) is 11.8 Å². The summed E-state index contributed by atoms with van der Waals surface area (Å²) in [5.74, 6) is 0. The number of nitrogens with two attached hydrogens (primary N) is 1. The largest absolute Gasteiger partial charge is 0.416 e. The van der Waals surface area contributed by atoms with Gasteiger partial charge in [-0.15, -0.1) is 0 Å². The second-order valence-corrected chi connectivity index (χ2v) is 6.52. The molecule has 0 fully saturated rings. The topological polar surface area (TPSA) is 75.4 Å². The maximum Gasteiger partial charge on any atom is 0.416 e. The summed E-state index contributed by atoms with van der Waals surface area (Å²) in [6, 6.07) is 2.43. The standard InChI is InChI=1S/C12H18F3N3O2S/c1-8(2)18(3)21(19,20)17-11-5-4-10(12(13,14)15)6-9(11)7-16/h4-6,8,17H,7,16H2,1-3H3. The molecule has 0 aliphatic heterocycles. The van der Waals surface area contributed by atoms with Gasteiger partial charge < -0.3 is 5.73 Å².